The number of nitrogens with zero attached hydrogens (tertiary/aromatic N) is 2. The van der Waals surface area contributed by atoms with Gasteiger partial charge in [0.2, 0.25) is 5.43 Å². The molecule has 0 radical (unpaired) electrons. The molecule has 0 saturated carbocycles. The second-order valence-corrected chi connectivity index (χ2v) is 6.34. The van der Waals surface area contributed by atoms with Crippen molar-refractivity contribution in [2.24, 2.45) is 0 Å². The third-order valence-electron chi connectivity index (χ3n) is 4.67. The van der Waals surface area contributed by atoms with E-state index < -0.39 is 11.4 Å². The summed E-state index contributed by atoms with van der Waals surface area (Å²) in [4.78, 5) is 26.1. The van der Waals surface area contributed by atoms with E-state index in [0.29, 0.717) is 17.0 Å². The van der Waals surface area contributed by atoms with Crippen molar-refractivity contribution in [3.63, 3.8) is 0 Å². The molecule has 3 heterocycles. The lowest BCUT2D eigenvalue weighted by Gasteiger charge is -2.31. The number of piperazine rings is 1. The summed E-state index contributed by atoms with van der Waals surface area (Å²) in [7, 11) is 0. The number of aromatic carboxylic acids is 1. The summed E-state index contributed by atoms with van der Waals surface area (Å²) >= 11 is 6.39. The molecular formula is C16H16ClN3O3. The Morgan fingerprint density at radius 1 is 1.26 bits per heavy atom. The molecular weight excluding hydrogens is 318 g/mol. The van der Waals surface area contributed by atoms with Crippen LogP contribution < -0.4 is 15.6 Å². The molecule has 23 heavy (non-hydrogen) atoms. The molecule has 120 valence electrons. The highest BCUT2D eigenvalue weighted by molar-refractivity contribution is 6.36. The minimum absolute atomic E-state index is 0.220. The number of pyridine rings is 1. The van der Waals surface area contributed by atoms with Gasteiger partial charge in [0.1, 0.15) is 5.56 Å². The molecule has 0 unspecified atom stereocenters. The number of aryl methyl sites for hydroxylation is 2. The molecule has 1 aromatic carbocycles. The number of benzene rings is 1. The number of carbonyl (C=O) groups is 1. The van der Waals surface area contributed by atoms with Gasteiger partial charge in [0.15, 0.2) is 0 Å². The minimum Gasteiger partial charge on any atom is -0.477 e. The van der Waals surface area contributed by atoms with Gasteiger partial charge in [0.25, 0.3) is 0 Å². The molecule has 6 nitrogen and oxygen atoms in total. The van der Waals surface area contributed by atoms with Gasteiger partial charge in [0, 0.05) is 50.2 Å². The van der Waals surface area contributed by atoms with E-state index in [1.807, 2.05) is 10.6 Å². The van der Waals surface area contributed by atoms with Crippen LogP contribution in [0.2, 0.25) is 5.02 Å². The first kappa shape index (κ1) is 14.5. The van der Waals surface area contributed by atoms with Crippen molar-refractivity contribution in [1.29, 1.82) is 0 Å². The molecule has 1 saturated heterocycles. The van der Waals surface area contributed by atoms with Crippen LogP contribution in [0.4, 0.5) is 5.69 Å². The highest BCUT2D eigenvalue weighted by atomic mass is 35.5. The van der Waals surface area contributed by atoms with Gasteiger partial charge >= 0.3 is 5.97 Å². The maximum Gasteiger partial charge on any atom is 0.341 e. The van der Waals surface area contributed by atoms with Crippen LogP contribution in [0.15, 0.2) is 17.1 Å². The second kappa shape index (κ2) is 5.25. The highest BCUT2D eigenvalue weighted by Crippen LogP contribution is 2.37. The molecule has 2 aromatic rings. The molecule has 0 bridgehead atoms. The predicted molar refractivity (Wildman–Crippen MR) is 89.0 cm³/mol. The number of carboxylic acid groups (broad SMARTS) is 1. The van der Waals surface area contributed by atoms with Crippen LogP contribution in [-0.4, -0.2) is 41.8 Å². The van der Waals surface area contributed by atoms with Crippen LogP contribution in [0, 0.1) is 0 Å². The van der Waals surface area contributed by atoms with Gasteiger partial charge in [0.05, 0.1) is 15.9 Å². The summed E-state index contributed by atoms with van der Waals surface area (Å²) in [6, 6.07) is 1.83. The van der Waals surface area contributed by atoms with Crippen LogP contribution >= 0.6 is 11.6 Å². The fraction of sp³-hybridized carbons (Fsp3) is 0.375. The summed E-state index contributed by atoms with van der Waals surface area (Å²) < 4.78 is 1.85. The first-order chi connectivity index (χ1) is 11.1. The number of nitrogens with one attached hydrogen (secondary N) is 1. The Morgan fingerprint density at radius 3 is 2.70 bits per heavy atom. The van der Waals surface area contributed by atoms with Gasteiger partial charge in [-0.05, 0) is 12.5 Å². The smallest absolute Gasteiger partial charge is 0.341 e. The molecule has 0 spiro atoms. The lowest BCUT2D eigenvalue weighted by molar-refractivity contribution is 0.0695. The summed E-state index contributed by atoms with van der Waals surface area (Å²) in [5.41, 5.74) is 2.24. The van der Waals surface area contributed by atoms with Crippen LogP contribution in [0.5, 0.6) is 0 Å². The number of hydrogen-bond acceptors (Lipinski definition) is 4. The number of halogens is 1. The first-order valence-electron chi connectivity index (χ1n) is 7.65. The Labute approximate surface area is 137 Å². The average Bonchev–Trinajstić information content (AvgIpc) is 2.96. The van der Waals surface area contributed by atoms with Crippen LogP contribution in [-0.2, 0) is 13.0 Å². The van der Waals surface area contributed by atoms with Gasteiger partial charge in [-0.1, -0.05) is 11.6 Å². The van der Waals surface area contributed by atoms with Crippen molar-refractivity contribution in [3.8, 4) is 0 Å². The van der Waals surface area contributed by atoms with E-state index in [1.165, 1.54) is 6.20 Å². The summed E-state index contributed by atoms with van der Waals surface area (Å²) in [6.07, 6.45) is 2.23. The molecule has 7 heteroatoms. The lowest BCUT2D eigenvalue weighted by Crippen LogP contribution is -2.43. The Kier molecular flexibility index (Phi) is 3.32. The summed E-state index contributed by atoms with van der Waals surface area (Å²) in [6.45, 7) is 4.30. The predicted octanol–water partition coefficient (Wildman–Crippen LogP) is 1.32. The van der Waals surface area contributed by atoms with Gasteiger partial charge < -0.3 is 19.9 Å². The molecule has 1 fully saturated rings. The average molecular weight is 334 g/mol. The zero-order chi connectivity index (χ0) is 16.1. The van der Waals surface area contributed by atoms with E-state index in [2.05, 4.69) is 10.2 Å². The monoisotopic (exact) mass is 333 g/mol. The third kappa shape index (κ3) is 2.13. The maximum atomic E-state index is 12.5. The van der Waals surface area contributed by atoms with E-state index in [9.17, 15) is 14.7 Å². The Hall–Kier alpha value is -2.05. The topological polar surface area (TPSA) is 74.6 Å². The minimum atomic E-state index is -1.21. The van der Waals surface area contributed by atoms with Crippen molar-refractivity contribution in [2.75, 3.05) is 31.1 Å². The molecule has 0 atom stereocenters. The summed E-state index contributed by atoms with van der Waals surface area (Å²) in [5, 5.41) is 13.2. The van der Waals surface area contributed by atoms with Crippen LogP contribution in [0.25, 0.3) is 10.9 Å². The van der Waals surface area contributed by atoms with E-state index in [0.717, 1.165) is 49.4 Å². The van der Waals surface area contributed by atoms with Gasteiger partial charge in [-0.25, -0.2) is 4.79 Å². The number of hydrogen-bond donors (Lipinski definition) is 2. The first-order valence-corrected chi connectivity index (χ1v) is 8.03. The van der Waals surface area contributed by atoms with Crippen molar-refractivity contribution >= 4 is 34.2 Å². The Bertz CT molecular complexity index is 884. The molecule has 0 aliphatic carbocycles. The van der Waals surface area contributed by atoms with Gasteiger partial charge in [-0.2, -0.15) is 0 Å². The maximum absolute atomic E-state index is 12.5. The van der Waals surface area contributed by atoms with Crippen molar-refractivity contribution in [3.05, 3.63) is 38.6 Å². The van der Waals surface area contributed by atoms with Gasteiger partial charge in [-0.15, -0.1) is 0 Å². The number of anilines is 1. The Morgan fingerprint density at radius 2 is 2.00 bits per heavy atom. The fourth-order valence-corrected chi connectivity index (χ4v) is 3.89. The zero-order valence-corrected chi connectivity index (χ0v) is 13.2. The highest BCUT2D eigenvalue weighted by Gasteiger charge is 2.27. The third-order valence-corrected chi connectivity index (χ3v) is 4.97. The normalized spacial score (nSPS) is 17.0. The number of aromatic nitrogens is 1. The van der Waals surface area contributed by atoms with Gasteiger partial charge in [-0.3, -0.25) is 4.79 Å². The zero-order valence-electron chi connectivity index (χ0n) is 12.4. The number of carboxylic acids is 1. The fourth-order valence-electron chi connectivity index (χ4n) is 3.61. The van der Waals surface area contributed by atoms with E-state index in [1.54, 1.807) is 0 Å². The van der Waals surface area contributed by atoms with Crippen LogP contribution in [0.1, 0.15) is 15.9 Å². The van der Waals surface area contributed by atoms with Crippen molar-refractivity contribution < 1.29 is 9.90 Å². The molecule has 1 aromatic heterocycles. The largest absolute Gasteiger partial charge is 0.477 e. The molecule has 0 amide bonds. The van der Waals surface area contributed by atoms with Crippen molar-refractivity contribution in [1.82, 2.24) is 9.88 Å². The standard InChI is InChI=1S/C16H16ClN3O3/c17-11-7-12(19-5-2-18-3-6-19)9-1-4-20-8-10(16(22)23)15(21)13(11)14(9)20/h7-8,18H,1-6H2,(H,22,23). The molecule has 2 aliphatic heterocycles. The second-order valence-electron chi connectivity index (χ2n) is 5.94. The molecule has 2 aliphatic rings. The quantitative estimate of drug-likeness (QED) is 0.867. The Balaban J connectivity index is 2.01. The number of rotatable bonds is 2. The van der Waals surface area contributed by atoms with E-state index in [-0.39, 0.29) is 5.56 Å². The lowest BCUT2D eigenvalue weighted by atomic mass is 10.0. The van der Waals surface area contributed by atoms with E-state index >= 15 is 0 Å². The summed E-state index contributed by atoms with van der Waals surface area (Å²) in [5.74, 6) is -1.21. The SMILES string of the molecule is O=C(O)c1cn2c3c(c(N4CCNCC4)cc(Cl)c3c1=O)CC2. The van der Waals surface area contributed by atoms with Crippen molar-refractivity contribution in [2.45, 2.75) is 13.0 Å². The molecule has 2 N–H and O–H groups in total. The van der Waals surface area contributed by atoms with E-state index in [4.69, 9.17) is 11.6 Å². The molecule has 4 rings (SSSR count). The van der Waals surface area contributed by atoms with Crippen LogP contribution in [0.3, 0.4) is 0 Å².